The van der Waals surface area contributed by atoms with Gasteiger partial charge in [-0.15, -0.1) is 0 Å². The van der Waals surface area contributed by atoms with Gasteiger partial charge in [0.15, 0.2) is 6.29 Å². The molecule has 1 aliphatic rings. The molecule has 1 aliphatic heterocycles. The van der Waals surface area contributed by atoms with Gasteiger partial charge in [-0.05, 0) is 77.0 Å². The predicted octanol–water partition coefficient (Wildman–Crippen LogP) is 19.0. The van der Waals surface area contributed by atoms with Gasteiger partial charge in [0.25, 0.3) is 0 Å². The van der Waals surface area contributed by atoms with Gasteiger partial charge >= 0.3 is 0 Å². The van der Waals surface area contributed by atoms with Crippen molar-refractivity contribution in [2.24, 2.45) is 0 Å². The van der Waals surface area contributed by atoms with Crippen LogP contribution in [0.25, 0.3) is 0 Å². The minimum atomic E-state index is -1.58. The second-order valence-electron chi connectivity index (χ2n) is 24.3. The Bertz CT molecular complexity index is 1460. The van der Waals surface area contributed by atoms with E-state index in [0.29, 0.717) is 6.42 Å². The minimum Gasteiger partial charge on any atom is -0.394 e. The summed E-state index contributed by atoms with van der Waals surface area (Å²) in [7, 11) is 0. The van der Waals surface area contributed by atoms with Gasteiger partial charge in [0.2, 0.25) is 5.91 Å². The van der Waals surface area contributed by atoms with Crippen molar-refractivity contribution in [1.82, 2.24) is 5.32 Å². The summed E-state index contributed by atoms with van der Waals surface area (Å²) >= 11 is 0. The zero-order valence-electron chi connectivity index (χ0n) is 53.0. The van der Waals surface area contributed by atoms with Gasteiger partial charge in [0.1, 0.15) is 24.4 Å². The van der Waals surface area contributed by atoms with Crippen molar-refractivity contribution in [2.45, 2.75) is 378 Å². The molecule has 7 unspecified atom stereocenters. The molecular weight excluding hydrogens is 1010 g/mol. The molecule has 9 heteroatoms. The average Bonchev–Trinajstić information content (AvgIpc) is 3.50. The van der Waals surface area contributed by atoms with E-state index in [-0.39, 0.29) is 12.5 Å². The highest BCUT2D eigenvalue weighted by molar-refractivity contribution is 5.76. The molecule has 1 fully saturated rings. The lowest BCUT2D eigenvalue weighted by Crippen LogP contribution is -2.60. The zero-order valence-corrected chi connectivity index (χ0v) is 53.0. The van der Waals surface area contributed by atoms with Crippen molar-refractivity contribution >= 4 is 5.91 Å². The van der Waals surface area contributed by atoms with E-state index in [2.05, 4.69) is 67.8 Å². The fraction of sp³-hybridized carbons (Fsp3) is 0.847. The molecule has 1 saturated heterocycles. The predicted molar refractivity (Wildman–Crippen MR) is 346 cm³/mol. The molecule has 7 atom stereocenters. The number of aliphatic hydroxyl groups is 5. The lowest BCUT2D eigenvalue weighted by Gasteiger charge is -2.40. The van der Waals surface area contributed by atoms with Crippen molar-refractivity contribution in [3.8, 4) is 0 Å². The van der Waals surface area contributed by atoms with Gasteiger partial charge in [0, 0.05) is 6.42 Å². The topological polar surface area (TPSA) is 149 Å². The Balaban J connectivity index is 2.12. The Morgan fingerprint density at radius 1 is 0.420 bits per heavy atom. The minimum absolute atomic E-state index is 0.187. The Morgan fingerprint density at radius 3 is 1.11 bits per heavy atom. The fourth-order valence-electron chi connectivity index (χ4n) is 11.0. The third-order valence-electron chi connectivity index (χ3n) is 16.5. The van der Waals surface area contributed by atoms with Crippen LogP contribution in [0.15, 0.2) is 60.8 Å². The summed E-state index contributed by atoms with van der Waals surface area (Å²) in [5.74, 6) is -0.187. The van der Waals surface area contributed by atoms with Crippen molar-refractivity contribution in [1.29, 1.82) is 0 Å². The maximum Gasteiger partial charge on any atom is 0.220 e. The molecule has 0 aromatic heterocycles. The third-order valence-corrected chi connectivity index (χ3v) is 16.5. The normalized spacial score (nSPS) is 18.7. The van der Waals surface area contributed by atoms with E-state index in [9.17, 15) is 30.3 Å². The number of carbonyl (C=O) groups excluding carboxylic acids is 1. The van der Waals surface area contributed by atoms with Crippen molar-refractivity contribution in [3.63, 3.8) is 0 Å². The van der Waals surface area contributed by atoms with Crippen molar-refractivity contribution < 1.29 is 39.8 Å². The lowest BCUT2D eigenvalue weighted by atomic mass is 9.99. The summed E-state index contributed by atoms with van der Waals surface area (Å²) in [5.41, 5.74) is 0. The van der Waals surface area contributed by atoms with E-state index < -0.39 is 49.5 Å². The van der Waals surface area contributed by atoms with Crippen LogP contribution < -0.4 is 5.32 Å². The van der Waals surface area contributed by atoms with E-state index in [1.807, 2.05) is 6.08 Å². The Hall–Kier alpha value is -2.11. The first-order valence-electron chi connectivity index (χ1n) is 35.0. The first kappa shape index (κ1) is 76.9. The zero-order chi connectivity index (χ0) is 58.6. The summed E-state index contributed by atoms with van der Waals surface area (Å²) in [6, 6.07) is -0.831. The van der Waals surface area contributed by atoms with Gasteiger partial charge < -0.3 is 40.3 Å². The van der Waals surface area contributed by atoms with Crippen LogP contribution >= 0.6 is 0 Å². The van der Waals surface area contributed by atoms with Gasteiger partial charge in [-0.2, -0.15) is 0 Å². The van der Waals surface area contributed by atoms with Crippen molar-refractivity contribution in [3.05, 3.63) is 60.8 Å². The Labute approximate surface area is 500 Å². The number of hydrogen-bond donors (Lipinski definition) is 6. The molecule has 1 amide bonds. The number of allylic oxidation sites excluding steroid dienone is 9. The van der Waals surface area contributed by atoms with Gasteiger partial charge in [-0.3, -0.25) is 4.79 Å². The van der Waals surface area contributed by atoms with Gasteiger partial charge in [0.05, 0.1) is 25.4 Å². The van der Waals surface area contributed by atoms with Crippen LogP contribution in [0, 0.1) is 0 Å². The number of rotatable bonds is 61. The van der Waals surface area contributed by atoms with Crippen LogP contribution in [0.5, 0.6) is 0 Å². The molecule has 0 saturated carbocycles. The summed E-state index contributed by atoms with van der Waals surface area (Å²) < 4.78 is 11.3. The highest BCUT2D eigenvalue weighted by Gasteiger charge is 2.44. The molecule has 1 heterocycles. The highest BCUT2D eigenvalue weighted by Crippen LogP contribution is 2.23. The van der Waals surface area contributed by atoms with E-state index in [0.717, 1.165) is 51.4 Å². The fourth-order valence-corrected chi connectivity index (χ4v) is 11.0. The molecule has 1 rings (SSSR count). The second-order valence-corrected chi connectivity index (χ2v) is 24.3. The summed E-state index contributed by atoms with van der Waals surface area (Å²) in [5, 5.41) is 54.7. The van der Waals surface area contributed by atoms with Crippen LogP contribution in [0.1, 0.15) is 335 Å². The quantitative estimate of drug-likeness (QED) is 0.0261. The molecule has 9 nitrogen and oxygen atoms in total. The van der Waals surface area contributed by atoms with E-state index in [1.165, 1.54) is 263 Å². The molecule has 0 spiro atoms. The smallest absolute Gasteiger partial charge is 0.220 e. The van der Waals surface area contributed by atoms with E-state index in [4.69, 9.17) is 9.47 Å². The van der Waals surface area contributed by atoms with E-state index >= 15 is 0 Å². The number of hydrogen-bond acceptors (Lipinski definition) is 8. The van der Waals surface area contributed by atoms with Crippen LogP contribution in [0.2, 0.25) is 0 Å². The van der Waals surface area contributed by atoms with Gasteiger partial charge in [-0.25, -0.2) is 0 Å². The average molecular weight is 1140 g/mol. The largest absolute Gasteiger partial charge is 0.394 e. The molecule has 0 bridgehead atoms. The molecule has 81 heavy (non-hydrogen) atoms. The highest BCUT2D eigenvalue weighted by atomic mass is 16.7. The van der Waals surface area contributed by atoms with Crippen LogP contribution in [0.4, 0.5) is 0 Å². The summed E-state index contributed by atoms with van der Waals surface area (Å²) in [6.45, 7) is 3.79. The first-order chi connectivity index (χ1) is 39.8. The molecule has 0 aliphatic carbocycles. The Kier molecular flexibility index (Phi) is 57.9. The maximum atomic E-state index is 13.1. The Morgan fingerprint density at radius 2 is 0.741 bits per heavy atom. The summed E-state index contributed by atoms with van der Waals surface area (Å²) in [4.78, 5) is 13.1. The first-order valence-corrected chi connectivity index (χ1v) is 35.0. The van der Waals surface area contributed by atoms with Crippen molar-refractivity contribution in [2.75, 3.05) is 13.2 Å². The molecule has 0 radical (unpaired) electrons. The number of ether oxygens (including phenoxy) is 2. The van der Waals surface area contributed by atoms with E-state index in [1.54, 1.807) is 6.08 Å². The van der Waals surface area contributed by atoms with Crippen LogP contribution in [-0.4, -0.2) is 87.5 Å². The van der Waals surface area contributed by atoms with Crippen LogP contribution in [-0.2, 0) is 14.3 Å². The number of unbranched alkanes of at least 4 members (excludes halogenated alkanes) is 43. The third kappa shape index (κ3) is 49.8. The molecule has 6 N–H and O–H groups in total. The molecular formula is C72H133NO8. The van der Waals surface area contributed by atoms with Crippen LogP contribution in [0.3, 0.4) is 0 Å². The second kappa shape index (κ2) is 61.0. The molecule has 474 valence electrons. The SMILES string of the molecule is CCCCCCCCCCCCC/C=C/CC/C=C/CC/C=C/C(O)C(COC1OC(CO)C(O)C(O)C1O)NC(=O)CCCCCCCCCCCCCCCCCCC/C=C\C/C=C\CCCCCCCCCCCCCCC. The lowest BCUT2D eigenvalue weighted by molar-refractivity contribution is -0.302. The maximum absolute atomic E-state index is 13.1. The number of amides is 1. The number of carbonyl (C=O) groups is 1. The van der Waals surface area contributed by atoms with Gasteiger partial charge in [-0.1, -0.05) is 312 Å². The standard InChI is InChI=1S/C72H133NO8/c1-3-5-7-9-11-13-15-17-19-21-23-25-26-27-28-29-30-31-32-33-34-35-36-37-38-39-40-42-44-46-48-50-52-54-56-58-60-62-68(76)73-65(64-80-72-71(79)70(78)69(77)67(63-74)81-72)66(75)61-59-57-55-53-51-49-47-45-43-41-24-22-20-18-16-14-12-10-8-6-4-2/h28-29,31-32,43,45,51,53,59,61,65-67,69-72,74-75,77-79H,3-27,30,33-42,44,46-50,52,54-58,60,62-64H2,1-2H3,(H,73,76)/b29-28-,32-31-,45-43+,53-51+,61-59+. The summed E-state index contributed by atoms with van der Waals surface area (Å²) in [6.07, 6.45) is 77.7. The monoisotopic (exact) mass is 1140 g/mol. The number of aliphatic hydroxyl groups excluding tert-OH is 5. The molecule has 0 aromatic rings. The molecule has 0 aromatic carbocycles. The number of nitrogens with one attached hydrogen (secondary N) is 1.